The lowest BCUT2D eigenvalue weighted by Gasteiger charge is -2.13. The average molecular weight is 414 g/mol. The van der Waals surface area contributed by atoms with Crippen LogP contribution in [-0.4, -0.2) is 33.6 Å². The molecule has 0 amide bonds. The van der Waals surface area contributed by atoms with Crippen molar-refractivity contribution in [2.75, 3.05) is 18.5 Å². The molecule has 4 aromatic rings. The third-order valence-electron chi connectivity index (χ3n) is 5.40. The van der Waals surface area contributed by atoms with Crippen molar-refractivity contribution in [2.24, 2.45) is 0 Å². The largest absolute Gasteiger partial charge is 0.493 e. The molecular formula is C24H22N4O3. The van der Waals surface area contributed by atoms with Crippen LogP contribution in [0.3, 0.4) is 0 Å². The monoisotopic (exact) mass is 414 g/mol. The predicted octanol–water partition coefficient (Wildman–Crippen LogP) is 4.12. The summed E-state index contributed by atoms with van der Waals surface area (Å²) in [6.45, 7) is 3.37. The highest BCUT2D eigenvalue weighted by molar-refractivity contribution is 6.00. The van der Waals surface area contributed by atoms with Crippen molar-refractivity contribution < 1.29 is 14.3 Å². The minimum absolute atomic E-state index is 0.278. The quantitative estimate of drug-likeness (QED) is 0.478. The number of hydrogen-bond donors (Lipinski definition) is 1. The summed E-state index contributed by atoms with van der Waals surface area (Å²) in [5.41, 5.74) is 5.12. The van der Waals surface area contributed by atoms with Crippen LogP contribution in [0.5, 0.6) is 5.75 Å². The molecule has 1 N–H and O–H groups in total. The summed E-state index contributed by atoms with van der Waals surface area (Å²) in [4.78, 5) is 21.6. The SMILES string of the molecule is CCOC(=O)c1ncn2c(NCc3cccc4c3CCO4)ncc(-c3ccccc3)c12. The lowest BCUT2D eigenvalue weighted by molar-refractivity contribution is 0.0522. The van der Waals surface area contributed by atoms with Crippen LogP contribution in [0.25, 0.3) is 16.6 Å². The van der Waals surface area contributed by atoms with Crippen LogP contribution in [-0.2, 0) is 17.7 Å². The Morgan fingerprint density at radius 3 is 2.87 bits per heavy atom. The fourth-order valence-corrected chi connectivity index (χ4v) is 3.96. The Kier molecular flexibility index (Phi) is 5.00. The highest BCUT2D eigenvalue weighted by Gasteiger charge is 2.21. The highest BCUT2D eigenvalue weighted by Crippen LogP contribution is 2.30. The molecule has 0 radical (unpaired) electrons. The van der Waals surface area contributed by atoms with E-state index >= 15 is 0 Å². The molecule has 0 fully saturated rings. The second-order valence-electron chi connectivity index (χ2n) is 7.24. The molecule has 7 heteroatoms. The van der Waals surface area contributed by atoms with Gasteiger partial charge < -0.3 is 14.8 Å². The van der Waals surface area contributed by atoms with E-state index in [9.17, 15) is 4.79 Å². The number of carbonyl (C=O) groups is 1. The van der Waals surface area contributed by atoms with Crippen molar-refractivity contribution in [2.45, 2.75) is 19.9 Å². The van der Waals surface area contributed by atoms with Gasteiger partial charge in [0.2, 0.25) is 5.95 Å². The van der Waals surface area contributed by atoms with Crippen LogP contribution < -0.4 is 10.1 Å². The normalized spacial score (nSPS) is 12.4. The van der Waals surface area contributed by atoms with Crippen LogP contribution >= 0.6 is 0 Å². The van der Waals surface area contributed by atoms with E-state index in [1.165, 1.54) is 11.1 Å². The first kappa shape index (κ1) is 19.1. The van der Waals surface area contributed by atoms with Crippen LogP contribution in [0.4, 0.5) is 5.95 Å². The van der Waals surface area contributed by atoms with Gasteiger partial charge in [0.15, 0.2) is 5.69 Å². The first-order valence-corrected chi connectivity index (χ1v) is 10.3. The maximum absolute atomic E-state index is 12.6. The molecule has 3 heterocycles. The number of rotatable bonds is 6. The number of nitrogens with zero attached hydrogens (tertiary/aromatic N) is 3. The van der Waals surface area contributed by atoms with Gasteiger partial charge in [-0.2, -0.15) is 0 Å². The van der Waals surface area contributed by atoms with Crippen LogP contribution in [0.15, 0.2) is 61.1 Å². The number of esters is 1. The van der Waals surface area contributed by atoms with Gasteiger partial charge >= 0.3 is 5.97 Å². The van der Waals surface area contributed by atoms with Gasteiger partial charge in [-0.3, -0.25) is 4.40 Å². The van der Waals surface area contributed by atoms with E-state index < -0.39 is 5.97 Å². The summed E-state index contributed by atoms with van der Waals surface area (Å²) in [6.07, 6.45) is 4.29. The van der Waals surface area contributed by atoms with Crippen molar-refractivity contribution in [3.05, 3.63) is 77.9 Å². The number of anilines is 1. The molecule has 0 saturated carbocycles. The predicted molar refractivity (Wildman–Crippen MR) is 117 cm³/mol. The number of benzene rings is 2. The molecule has 0 aliphatic carbocycles. The lowest BCUT2D eigenvalue weighted by atomic mass is 10.1. The maximum atomic E-state index is 12.6. The number of imidazole rings is 1. The third-order valence-corrected chi connectivity index (χ3v) is 5.40. The van der Waals surface area contributed by atoms with Crippen molar-refractivity contribution in [1.82, 2.24) is 14.4 Å². The molecule has 7 nitrogen and oxygen atoms in total. The van der Waals surface area contributed by atoms with Crippen LogP contribution in [0, 0.1) is 0 Å². The maximum Gasteiger partial charge on any atom is 0.359 e. The lowest BCUT2D eigenvalue weighted by Crippen LogP contribution is -2.10. The first-order valence-electron chi connectivity index (χ1n) is 10.3. The molecular weight excluding hydrogens is 392 g/mol. The number of nitrogens with one attached hydrogen (secondary N) is 1. The summed E-state index contributed by atoms with van der Waals surface area (Å²) in [7, 11) is 0. The minimum atomic E-state index is -0.447. The Morgan fingerprint density at radius 1 is 1.16 bits per heavy atom. The summed E-state index contributed by atoms with van der Waals surface area (Å²) >= 11 is 0. The number of ether oxygens (including phenoxy) is 2. The van der Waals surface area contributed by atoms with E-state index in [0.717, 1.165) is 23.3 Å². The topological polar surface area (TPSA) is 77.8 Å². The summed E-state index contributed by atoms with van der Waals surface area (Å²) in [5, 5.41) is 3.40. The Hall–Kier alpha value is -3.87. The van der Waals surface area contributed by atoms with E-state index in [1.807, 2.05) is 46.9 Å². The zero-order chi connectivity index (χ0) is 21.2. The second kappa shape index (κ2) is 8.10. The molecule has 1 aliphatic heterocycles. The molecule has 0 spiro atoms. The molecule has 31 heavy (non-hydrogen) atoms. The molecule has 1 aliphatic rings. The molecule has 2 aromatic carbocycles. The zero-order valence-electron chi connectivity index (χ0n) is 17.2. The van der Waals surface area contributed by atoms with Gasteiger partial charge in [0, 0.05) is 30.3 Å². The molecule has 156 valence electrons. The smallest absolute Gasteiger partial charge is 0.359 e. The number of carbonyl (C=O) groups excluding carboxylic acids is 1. The second-order valence-corrected chi connectivity index (χ2v) is 7.24. The van der Waals surface area contributed by atoms with Gasteiger partial charge in [-0.1, -0.05) is 42.5 Å². The molecule has 0 saturated heterocycles. The average Bonchev–Trinajstić information content (AvgIpc) is 3.46. The Labute approximate surface area is 179 Å². The van der Waals surface area contributed by atoms with Crippen molar-refractivity contribution >= 4 is 17.4 Å². The van der Waals surface area contributed by atoms with E-state index in [-0.39, 0.29) is 12.3 Å². The van der Waals surface area contributed by atoms with Gasteiger partial charge in [0.1, 0.15) is 12.1 Å². The van der Waals surface area contributed by atoms with E-state index in [1.54, 1.807) is 19.4 Å². The van der Waals surface area contributed by atoms with Gasteiger partial charge in [-0.25, -0.2) is 14.8 Å². The standard InChI is InChI=1S/C24H22N4O3/c1-2-30-23(29)21-22-19(16-7-4-3-5-8-16)14-26-24(28(22)15-27-21)25-13-17-9-6-10-20-18(17)11-12-31-20/h3-10,14-15H,2,11-13H2,1H3,(H,25,26). The van der Waals surface area contributed by atoms with Gasteiger partial charge in [0.05, 0.1) is 18.7 Å². The first-order chi connectivity index (χ1) is 15.3. The zero-order valence-corrected chi connectivity index (χ0v) is 17.2. The van der Waals surface area contributed by atoms with Crippen molar-refractivity contribution in [3.8, 4) is 16.9 Å². The molecule has 5 rings (SSSR count). The fourth-order valence-electron chi connectivity index (χ4n) is 3.96. The highest BCUT2D eigenvalue weighted by atomic mass is 16.5. The van der Waals surface area contributed by atoms with E-state index in [0.29, 0.717) is 24.6 Å². The van der Waals surface area contributed by atoms with Gasteiger partial charge in [-0.15, -0.1) is 0 Å². The summed E-state index contributed by atoms with van der Waals surface area (Å²) in [5.74, 6) is 1.11. The van der Waals surface area contributed by atoms with E-state index in [2.05, 4.69) is 21.4 Å². The number of fused-ring (bicyclic) bond motifs is 2. The summed E-state index contributed by atoms with van der Waals surface area (Å²) < 4.78 is 12.7. The van der Waals surface area contributed by atoms with Crippen molar-refractivity contribution in [3.63, 3.8) is 0 Å². The Morgan fingerprint density at radius 2 is 2.03 bits per heavy atom. The number of hydrogen-bond acceptors (Lipinski definition) is 6. The third kappa shape index (κ3) is 3.48. The fraction of sp³-hybridized carbons (Fsp3) is 0.208. The Balaban J connectivity index is 1.56. The minimum Gasteiger partial charge on any atom is -0.493 e. The van der Waals surface area contributed by atoms with Gasteiger partial charge in [-0.05, 0) is 24.1 Å². The van der Waals surface area contributed by atoms with Crippen LogP contribution in [0.2, 0.25) is 0 Å². The molecule has 0 atom stereocenters. The number of aromatic nitrogens is 3. The Bertz CT molecular complexity index is 1250. The summed E-state index contributed by atoms with van der Waals surface area (Å²) in [6, 6.07) is 15.9. The van der Waals surface area contributed by atoms with Gasteiger partial charge in [0.25, 0.3) is 0 Å². The van der Waals surface area contributed by atoms with Crippen LogP contribution in [0.1, 0.15) is 28.5 Å². The molecule has 2 aromatic heterocycles. The van der Waals surface area contributed by atoms with E-state index in [4.69, 9.17) is 9.47 Å². The molecule has 0 unspecified atom stereocenters. The molecule has 0 bridgehead atoms. The van der Waals surface area contributed by atoms with Crippen molar-refractivity contribution in [1.29, 1.82) is 0 Å².